The molecular weight excluding hydrogens is 308 g/mol. The van der Waals surface area contributed by atoms with E-state index in [1.54, 1.807) is 13.3 Å². The Labute approximate surface area is 140 Å². The molecule has 126 valence electrons. The van der Waals surface area contributed by atoms with Crippen molar-refractivity contribution < 1.29 is 9.66 Å². The molecule has 0 amide bonds. The molecule has 7 nitrogen and oxygen atoms in total. The van der Waals surface area contributed by atoms with Gasteiger partial charge in [-0.15, -0.1) is 0 Å². The van der Waals surface area contributed by atoms with Crippen molar-refractivity contribution in [2.75, 3.05) is 12.5 Å². The van der Waals surface area contributed by atoms with Crippen LogP contribution in [0.4, 0.5) is 11.5 Å². The third-order valence-corrected chi connectivity index (χ3v) is 3.58. The molecule has 0 saturated heterocycles. The Morgan fingerprint density at radius 3 is 2.67 bits per heavy atom. The summed E-state index contributed by atoms with van der Waals surface area (Å²) >= 11 is 0. The maximum Gasteiger partial charge on any atom is 0.287 e. The quantitative estimate of drug-likeness (QED) is 0.494. The predicted octanol–water partition coefficient (Wildman–Crippen LogP) is 3.88. The number of nitro groups is 1. The summed E-state index contributed by atoms with van der Waals surface area (Å²) in [5.41, 5.74) is 5.83. The van der Waals surface area contributed by atoms with Crippen LogP contribution in [0.15, 0.2) is 35.6 Å². The maximum atomic E-state index is 10.6. The van der Waals surface area contributed by atoms with Crippen molar-refractivity contribution in [1.29, 1.82) is 0 Å². The van der Waals surface area contributed by atoms with Crippen molar-refractivity contribution in [3.63, 3.8) is 0 Å². The number of rotatable bonds is 6. The molecule has 0 fully saturated rings. The molecule has 1 N–H and O–H groups in total. The molecule has 0 aliphatic rings. The summed E-state index contributed by atoms with van der Waals surface area (Å²) in [4.78, 5) is 14.0. The number of nitrogens with one attached hydrogen (secondary N) is 1. The minimum Gasteiger partial charge on any atom is -0.496 e. The van der Waals surface area contributed by atoms with Crippen LogP contribution in [0.5, 0.6) is 5.75 Å². The zero-order valence-electron chi connectivity index (χ0n) is 14.1. The molecule has 1 heterocycles. The largest absolute Gasteiger partial charge is 0.496 e. The minimum absolute atomic E-state index is 0.0582. The van der Waals surface area contributed by atoms with Crippen molar-refractivity contribution in [3.05, 3.63) is 57.3 Å². The van der Waals surface area contributed by atoms with Gasteiger partial charge in [-0.25, -0.2) is 4.98 Å². The summed E-state index contributed by atoms with van der Waals surface area (Å²) in [6.07, 6.45) is 2.89. The molecule has 2 aromatic rings. The maximum absolute atomic E-state index is 10.6. The Kier molecular flexibility index (Phi) is 5.47. The highest BCUT2D eigenvalue weighted by molar-refractivity contribution is 5.83. The van der Waals surface area contributed by atoms with Crippen LogP contribution in [0.3, 0.4) is 0 Å². The second kappa shape index (κ2) is 7.54. The van der Waals surface area contributed by atoms with Gasteiger partial charge in [0.25, 0.3) is 5.69 Å². The molecule has 0 spiro atoms. The Morgan fingerprint density at radius 2 is 2.12 bits per heavy atom. The number of benzene rings is 1. The lowest BCUT2D eigenvalue weighted by Gasteiger charge is -2.14. The van der Waals surface area contributed by atoms with E-state index in [1.807, 2.05) is 19.1 Å². The first-order valence-electron chi connectivity index (χ1n) is 7.50. The minimum atomic E-state index is -0.492. The Morgan fingerprint density at radius 1 is 1.38 bits per heavy atom. The Bertz CT molecular complexity index is 755. The van der Waals surface area contributed by atoms with E-state index in [2.05, 4.69) is 29.4 Å². The van der Waals surface area contributed by atoms with E-state index < -0.39 is 4.92 Å². The van der Waals surface area contributed by atoms with Gasteiger partial charge in [0, 0.05) is 6.07 Å². The van der Waals surface area contributed by atoms with Gasteiger partial charge in [-0.1, -0.05) is 13.8 Å². The average Bonchev–Trinajstić information content (AvgIpc) is 2.56. The highest BCUT2D eigenvalue weighted by Gasteiger charge is 2.10. The third-order valence-electron chi connectivity index (χ3n) is 3.58. The number of aryl methyl sites for hydroxylation is 1. The molecule has 0 radical (unpaired) electrons. The van der Waals surface area contributed by atoms with Gasteiger partial charge < -0.3 is 4.74 Å². The average molecular weight is 328 g/mol. The lowest BCUT2D eigenvalue weighted by molar-refractivity contribution is -0.385. The lowest BCUT2D eigenvalue weighted by Crippen LogP contribution is -2.00. The SMILES string of the molecule is COc1cc(C)c(C=NNc2ccc([N+](=O)[O-])cn2)cc1C(C)C. The number of aromatic nitrogens is 1. The van der Waals surface area contributed by atoms with Gasteiger partial charge in [0.15, 0.2) is 0 Å². The Balaban J connectivity index is 2.16. The molecule has 0 atom stereocenters. The first kappa shape index (κ1) is 17.4. The normalized spacial score (nSPS) is 11.0. The monoisotopic (exact) mass is 328 g/mol. The molecule has 0 unspecified atom stereocenters. The highest BCUT2D eigenvalue weighted by atomic mass is 16.6. The van der Waals surface area contributed by atoms with E-state index in [9.17, 15) is 10.1 Å². The van der Waals surface area contributed by atoms with Gasteiger partial charge in [-0.3, -0.25) is 15.5 Å². The second-order valence-electron chi connectivity index (χ2n) is 5.63. The molecule has 24 heavy (non-hydrogen) atoms. The summed E-state index contributed by atoms with van der Waals surface area (Å²) in [6.45, 7) is 6.19. The van der Waals surface area contributed by atoms with Gasteiger partial charge in [0.2, 0.25) is 0 Å². The van der Waals surface area contributed by atoms with Gasteiger partial charge in [-0.05, 0) is 47.7 Å². The van der Waals surface area contributed by atoms with Crippen LogP contribution in [0.2, 0.25) is 0 Å². The number of hydrogen-bond donors (Lipinski definition) is 1. The highest BCUT2D eigenvalue weighted by Crippen LogP contribution is 2.29. The summed E-state index contributed by atoms with van der Waals surface area (Å²) in [6, 6.07) is 6.92. The zero-order valence-corrected chi connectivity index (χ0v) is 14.1. The summed E-state index contributed by atoms with van der Waals surface area (Å²) in [5.74, 6) is 1.63. The topological polar surface area (TPSA) is 89.6 Å². The summed E-state index contributed by atoms with van der Waals surface area (Å²) in [5, 5.41) is 14.7. The van der Waals surface area contributed by atoms with E-state index in [4.69, 9.17) is 4.74 Å². The number of hydrogen-bond acceptors (Lipinski definition) is 6. The van der Waals surface area contributed by atoms with E-state index in [0.29, 0.717) is 11.7 Å². The van der Waals surface area contributed by atoms with Crippen LogP contribution in [0, 0.1) is 17.0 Å². The first-order chi connectivity index (χ1) is 11.4. The Hall–Kier alpha value is -2.96. The molecule has 0 aliphatic heterocycles. The van der Waals surface area contributed by atoms with Crippen molar-refractivity contribution in [2.24, 2.45) is 5.10 Å². The second-order valence-corrected chi connectivity index (χ2v) is 5.63. The van der Waals surface area contributed by atoms with Gasteiger partial charge in [0.1, 0.15) is 17.8 Å². The van der Waals surface area contributed by atoms with Gasteiger partial charge in [-0.2, -0.15) is 5.10 Å². The summed E-state index contributed by atoms with van der Waals surface area (Å²) in [7, 11) is 1.66. The third kappa shape index (κ3) is 4.07. The van der Waals surface area contributed by atoms with Crippen molar-refractivity contribution in [1.82, 2.24) is 4.98 Å². The smallest absolute Gasteiger partial charge is 0.287 e. The van der Waals surface area contributed by atoms with Crippen molar-refractivity contribution >= 4 is 17.7 Å². The molecule has 0 saturated carbocycles. The van der Waals surface area contributed by atoms with E-state index in [1.165, 1.54) is 18.3 Å². The fraction of sp³-hybridized carbons (Fsp3) is 0.294. The van der Waals surface area contributed by atoms with Crippen LogP contribution >= 0.6 is 0 Å². The standard InChI is InChI=1S/C17H20N4O3/c1-11(2)15-8-13(12(3)7-16(15)24-4)9-19-20-17-6-5-14(10-18-17)21(22)23/h5-11H,1-4H3,(H,18,20). The molecule has 7 heteroatoms. The van der Waals surface area contributed by atoms with Crippen molar-refractivity contribution in [3.8, 4) is 5.75 Å². The van der Waals surface area contributed by atoms with Crippen molar-refractivity contribution in [2.45, 2.75) is 26.7 Å². The van der Waals surface area contributed by atoms with Gasteiger partial charge >= 0.3 is 0 Å². The van der Waals surface area contributed by atoms with E-state index in [0.717, 1.165) is 22.4 Å². The summed E-state index contributed by atoms with van der Waals surface area (Å²) < 4.78 is 5.42. The lowest BCUT2D eigenvalue weighted by atomic mass is 9.97. The molecule has 1 aromatic heterocycles. The number of pyridine rings is 1. The fourth-order valence-electron chi connectivity index (χ4n) is 2.21. The fourth-order valence-corrected chi connectivity index (χ4v) is 2.21. The molecule has 2 rings (SSSR count). The van der Waals surface area contributed by atoms with E-state index >= 15 is 0 Å². The number of anilines is 1. The molecule has 0 aliphatic carbocycles. The van der Waals surface area contributed by atoms with Crippen LogP contribution in [-0.2, 0) is 0 Å². The molecule has 1 aromatic carbocycles. The van der Waals surface area contributed by atoms with E-state index in [-0.39, 0.29) is 5.69 Å². The van der Waals surface area contributed by atoms with Crippen LogP contribution in [0.25, 0.3) is 0 Å². The van der Waals surface area contributed by atoms with Crippen LogP contribution in [0.1, 0.15) is 36.5 Å². The van der Waals surface area contributed by atoms with Crippen LogP contribution in [-0.4, -0.2) is 23.2 Å². The number of nitrogens with zero attached hydrogens (tertiary/aromatic N) is 3. The van der Waals surface area contributed by atoms with Gasteiger partial charge in [0.05, 0.1) is 18.2 Å². The number of methoxy groups -OCH3 is 1. The number of hydrazone groups is 1. The molecule has 0 bridgehead atoms. The predicted molar refractivity (Wildman–Crippen MR) is 93.9 cm³/mol. The number of ether oxygens (including phenoxy) is 1. The van der Waals surface area contributed by atoms with Crippen LogP contribution < -0.4 is 10.2 Å². The zero-order chi connectivity index (χ0) is 17.7. The first-order valence-corrected chi connectivity index (χ1v) is 7.50. The molecular formula is C17H20N4O3.